The van der Waals surface area contributed by atoms with E-state index < -0.39 is 0 Å². The predicted octanol–water partition coefficient (Wildman–Crippen LogP) is 3.35. The molecule has 0 aromatic carbocycles. The Morgan fingerprint density at radius 1 is 1.69 bits per heavy atom. The molecule has 0 unspecified atom stereocenters. The van der Waals surface area contributed by atoms with Gasteiger partial charge in [-0.1, -0.05) is 32.4 Å². The number of carbonyl (C=O) groups is 1. The molecule has 1 nitrogen and oxygen atoms in total. The smallest absolute Gasteiger partial charge is 0.130 e. The van der Waals surface area contributed by atoms with E-state index in [0.29, 0.717) is 12.3 Å². The summed E-state index contributed by atoms with van der Waals surface area (Å²) in [4.78, 5) is 11.1. The van der Waals surface area contributed by atoms with Crippen molar-refractivity contribution in [3.05, 3.63) is 12.2 Å². The van der Waals surface area contributed by atoms with Crippen LogP contribution in [0.2, 0.25) is 0 Å². The molecule has 1 fully saturated rings. The van der Waals surface area contributed by atoms with Crippen molar-refractivity contribution in [3.63, 3.8) is 0 Å². The SMILES string of the molecule is C=C1[C@H](C)CCC[C@@]1(C)CC(C)=O. The molecule has 0 heterocycles. The minimum Gasteiger partial charge on any atom is -0.300 e. The van der Waals surface area contributed by atoms with Gasteiger partial charge in [-0.15, -0.1) is 0 Å². The first-order chi connectivity index (χ1) is 5.96. The van der Waals surface area contributed by atoms with Crippen LogP contribution in [-0.2, 0) is 4.79 Å². The lowest BCUT2D eigenvalue weighted by atomic mass is 9.66. The van der Waals surface area contributed by atoms with Gasteiger partial charge in [-0.25, -0.2) is 0 Å². The summed E-state index contributed by atoms with van der Waals surface area (Å²) in [5, 5.41) is 0. The van der Waals surface area contributed by atoms with Gasteiger partial charge in [0.05, 0.1) is 0 Å². The molecule has 0 aliphatic heterocycles. The van der Waals surface area contributed by atoms with E-state index in [9.17, 15) is 4.79 Å². The molecule has 0 aromatic heterocycles. The Kier molecular flexibility index (Phi) is 2.94. The monoisotopic (exact) mass is 180 g/mol. The zero-order chi connectivity index (χ0) is 10.1. The Morgan fingerprint density at radius 3 is 2.85 bits per heavy atom. The molecule has 0 radical (unpaired) electrons. The molecule has 1 aliphatic carbocycles. The molecule has 2 atom stereocenters. The standard InChI is InChI=1S/C12H20O/c1-9-6-5-7-12(4,11(9)3)8-10(2)13/h9H,3,5-8H2,1-2,4H3/t9-,12+/m1/s1. The van der Waals surface area contributed by atoms with Crippen LogP contribution in [0.1, 0.15) is 46.5 Å². The van der Waals surface area contributed by atoms with Crippen molar-refractivity contribution in [1.82, 2.24) is 0 Å². The first-order valence-electron chi connectivity index (χ1n) is 5.14. The Morgan fingerprint density at radius 2 is 2.31 bits per heavy atom. The maximum Gasteiger partial charge on any atom is 0.130 e. The average molecular weight is 180 g/mol. The summed E-state index contributed by atoms with van der Waals surface area (Å²) in [6.07, 6.45) is 4.29. The van der Waals surface area contributed by atoms with Crippen LogP contribution >= 0.6 is 0 Å². The fourth-order valence-corrected chi connectivity index (χ4v) is 2.48. The van der Waals surface area contributed by atoms with Gasteiger partial charge < -0.3 is 0 Å². The number of hydrogen-bond donors (Lipinski definition) is 0. The minimum absolute atomic E-state index is 0.0868. The van der Waals surface area contributed by atoms with Crippen LogP contribution in [0, 0.1) is 11.3 Å². The number of allylic oxidation sites excluding steroid dienone is 1. The fraction of sp³-hybridized carbons (Fsp3) is 0.750. The largest absolute Gasteiger partial charge is 0.300 e. The highest BCUT2D eigenvalue weighted by Crippen LogP contribution is 2.45. The molecule has 0 bridgehead atoms. The molecule has 0 N–H and O–H groups in total. The van der Waals surface area contributed by atoms with Crippen molar-refractivity contribution in [2.75, 3.05) is 0 Å². The van der Waals surface area contributed by atoms with E-state index in [1.165, 1.54) is 18.4 Å². The summed E-state index contributed by atoms with van der Waals surface area (Å²) < 4.78 is 0. The first-order valence-corrected chi connectivity index (χ1v) is 5.14. The second-order valence-corrected chi connectivity index (χ2v) is 4.76. The summed E-state index contributed by atoms with van der Waals surface area (Å²) in [6.45, 7) is 10.2. The number of hydrogen-bond acceptors (Lipinski definition) is 1. The third-order valence-electron chi connectivity index (χ3n) is 3.37. The first kappa shape index (κ1) is 10.5. The molecule has 0 spiro atoms. The Balaban J connectivity index is 2.75. The molecule has 13 heavy (non-hydrogen) atoms. The van der Waals surface area contributed by atoms with Crippen LogP contribution < -0.4 is 0 Å². The number of carbonyl (C=O) groups excluding carboxylic acids is 1. The van der Waals surface area contributed by atoms with E-state index in [4.69, 9.17) is 0 Å². The average Bonchev–Trinajstić information content (AvgIpc) is 1.99. The van der Waals surface area contributed by atoms with Gasteiger partial charge in [-0.05, 0) is 31.1 Å². The summed E-state index contributed by atoms with van der Waals surface area (Å²) in [5.41, 5.74) is 1.37. The quantitative estimate of drug-likeness (QED) is 0.596. The molecular weight excluding hydrogens is 160 g/mol. The van der Waals surface area contributed by atoms with E-state index in [1.807, 2.05) is 0 Å². The highest BCUT2D eigenvalue weighted by Gasteiger charge is 2.34. The van der Waals surface area contributed by atoms with Crippen molar-refractivity contribution >= 4 is 5.78 Å². The second kappa shape index (κ2) is 3.65. The summed E-state index contributed by atoms with van der Waals surface area (Å²) in [6, 6.07) is 0. The van der Waals surface area contributed by atoms with Gasteiger partial charge >= 0.3 is 0 Å². The van der Waals surface area contributed by atoms with E-state index in [1.54, 1.807) is 6.92 Å². The molecule has 1 saturated carbocycles. The van der Waals surface area contributed by atoms with E-state index in [0.717, 1.165) is 6.42 Å². The third kappa shape index (κ3) is 2.20. The number of rotatable bonds is 2. The second-order valence-electron chi connectivity index (χ2n) is 4.76. The van der Waals surface area contributed by atoms with Crippen molar-refractivity contribution in [2.24, 2.45) is 11.3 Å². The van der Waals surface area contributed by atoms with E-state index in [-0.39, 0.29) is 11.2 Å². The Bertz CT molecular complexity index is 229. The molecule has 1 aliphatic rings. The zero-order valence-electron chi connectivity index (χ0n) is 9.02. The predicted molar refractivity (Wildman–Crippen MR) is 55.6 cm³/mol. The molecule has 1 rings (SSSR count). The Hall–Kier alpha value is -0.590. The van der Waals surface area contributed by atoms with Crippen LogP contribution in [0.4, 0.5) is 0 Å². The zero-order valence-corrected chi connectivity index (χ0v) is 9.02. The molecule has 1 heteroatoms. The summed E-state index contributed by atoms with van der Waals surface area (Å²) >= 11 is 0. The van der Waals surface area contributed by atoms with E-state index >= 15 is 0 Å². The van der Waals surface area contributed by atoms with Crippen molar-refractivity contribution in [3.8, 4) is 0 Å². The van der Waals surface area contributed by atoms with Gasteiger partial charge in [-0.2, -0.15) is 0 Å². The van der Waals surface area contributed by atoms with Gasteiger partial charge in [0.15, 0.2) is 0 Å². The fourth-order valence-electron chi connectivity index (χ4n) is 2.48. The van der Waals surface area contributed by atoms with Gasteiger partial charge in [0.25, 0.3) is 0 Å². The van der Waals surface area contributed by atoms with Gasteiger partial charge in [0, 0.05) is 6.42 Å². The van der Waals surface area contributed by atoms with Crippen molar-refractivity contribution < 1.29 is 4.79 Å². The molecule has 0 saturated heterocycles. The molecule has 74 valence electrons. The lowest BCUT2D eigenvalue weighted by Crippen LogP contribution is -2.29. The Labute approximate surface area is 81.2 Å². The van der Waals surface area contributed by atoms with Crippen LogP contribution in [0.3, 0.4) is 0 Å². The topological polar surface area (TPSA) is 17.1 Å². The van der Waals surface area contributed by atoms with Crippen molar-refractivity contribution in [2.45, 2.75) is 46.5 Å². The van der Waals surface area contributed by atoms with Crippen LogP contribution in [-0.4, -0.2) is 5.78 Å². The maximum absolute atomic E-state index is 11.1. The van der Waals surface area contributed by atoms with Gasteiger partial charge in [0.2, 0.25) is 0 Å². The van der Waals surface area contributed by atoms with Crippen LogP contribution in [0.5, 0.6) is 0 Å². The number of Topliss-reactive ketones (excluding diaryl/α,β-unsaturated/α-hetero) is 1. The molecule has 0 aromatic rings. The van der Waals surface area contributed by atoms with Crippen LogP contribution in [0.25, 0.3) is 0 Å². The summed E-state index contributed by atoms with van der Waals surface area (Å²) in [7, 11) is 0. The lowest BCUT2D eigenvalue weighted by Gasteiger charge is -2.39. The maximum atomic E-state index is 11.1. The van der Waals surface area contributed by atoms with Gasteiger partial charge in [-0.3, -0.25) is 4.79 Å². The normalized spacial score (nSPS) is 34.7. The minimum atomic E-state index is 0.0868. The van der Waals surface area contributed by atoms with Crippen LogP contribution in [0.15, 0.2) is 12.2 Å². The number of ketones is 1. The summed E-state index contributed by atoms with van der Waals surface area (Å²) in [5.74, 6) is 0.885. The van der Waals surface area contributed by atoms with Gasteiger partial charge in [0.1, 0.15) is 5.78 Å². The highest BCUT2D eigenvalue weighted by molar-refractivity contribution is 5.76. The lowest BCUT2D eigenvalue weighted by molar-refractivity contribution is -0.118. The van der Waals surface area contributed by atoms with Crippen molar-refractivity contribution in [1.29, 1.82) is 0 Å². The highest BCUT2D eigenvalue weighted by atomic mass is 16.1. The van der Waals surface area contributed by atoms with E-state index in [2.05, 4.69) is 20.4 Å². The molecule has 0 amide bonds. The third-order valence-corrected chi connectivity index (χ3v) is 3.37. The molecular formula is C12H20O.